The molecular formula is C17H30IN3O. The van der Waals surface area contributed by atoms with Crippen molar-refractivity contribution in [1.29, 1.82) is 0 Å². The van der Waals surface area contributed by atoms with Gasteiger partial charge in [-0.15, -0.1) is 24.0 Å². The Morgan fingerprint density at radius 1 is 1.18 bits per heavy atom. The lowest BCUT2D eigenvalue weighted by atomic mass is 10.1. The standard InChI is InChI=1S/C17H29N3O.HI/c1-5-7-12-20(3)17(18-6-2)19-13-15-8-10-16(11-9-15)14-21-4;/h8-11H,5-7,12-14H2,1-4H3,(H,18,19);1H. The van der Waals surface area contributed by atoms with Crippen LogP contribution in [0.15, 0.2) is 29.3 Å². The quantitative estimate of drug-likeness (QED) is 0.397. The summed E-state index contributed by atoms with van der Waals surface area (Å²) in [7, 11) is 3.81. The maximum Gasteiger partial charge on any atom is 0.193 e. The van der Waals surface area contributed by atoms with Crippen molar-refractivity contribution in [3.8, 4) is 0 Å². The minimum Gasteiger partial charge on any atom is -0.380 e. The van der Waals surface area contributed by atoms with Gasteiger partial charge in [0.1, 0.15) is 0 Å². The second-order valence-electron chi connectivity index (χ2n) is 5.19. The van der Waals surface area contributed by atoms with Crippen LogP contribution in [0.2, 0.25) is 0 Å². The van der Waals surface area contributed by atoms with Gasteiger partial charge in [0, 0.05) is 27.2 Å². The number of nitrogens with zero attached hydrogens (tertiary/aromatic N) is 2. The lowest BCUT2D eigenvalue weighted by Crippen LogP contribution is -2.39. The Kier molecular flexibility index (Phi) is 12.2. The molecule has 0 bridgehead atoms. The highest BCUT2D eigenvalue weighted by molar-refractivity contribution is 14.0. The molecule has 126 valence electrons. The second kappa shape index (κ2) is 12.7. The Labute approximate surface area is 152 Å². The number of ether oxygens (including phenoxy) is 1. The Morgan fingerprint density at radius 3 is 2.36 bits per heavy atom. The van der Waals surface area contributed by atoms with E-state index in [4.69, 9.17) is 9.73 Å². The molecule has 5 heteroatoms. The highest BCUT2D eigenvalue weighted by Crippen LogP contribution is 2.07. The molecule has 0 aromatic heterocycles. The van der Waals surface area contributed by atoms with Crippen LogP contribution >= 0.6 is 24.0 Å². The van der Waals surface area contributed by atoms with Gasteiger partial charge in [-0.2, -0.15) is 0 Å². The van der Waals surface area contributed by atoms with Crippen molar-refractivity contribution in [3.63, 3.8) is 0 Å². The number of unbranched alkanes of at least 4 members (excludes halogenated alkanes) is 1. The van der Waals surface area contributed by atoms with E-state index in [0.717, 1.165) is 19.0 Å². The van der Waals surface area contributed by atoms with E-state index < -0.39 is 0 Å². The fraction of sp³-hybridized carbons (Fsp3) is 0.588. The molecule has 1 rings (SSSR count). The normalized spacial score (nSPS) is 11.0. The van der Waals surface area contributed by atoms with Gasteiger partial charge >= 0.3 is 0 Å². The summed E-state index contributed by atoms with van der Waals surface area (Å²) in [6, 6.07) is 8.44. The number of methoxy groups -OCH3 is 1. The molecule has 22 heavy (non-hydrogen) atoms. The zero-order chi connectivity index (χ0) is 15.5. The SMILES string of the molecule is CCCCN(C)C(=NCc1ccc(COC)cc1)NCC.I. The molecule has 0 saturated carbocycles. The van der Waals surface area contributed by atoms with Gasteiger partial charge in [-0.3, -0.25) is 0 Å². The average molecular weight is 419 g/mol. The number of guanidine groups is 1. The van der Waals surface area contributed by atoms with Crippen molar-refractivity contribution in [2.45, 2.75) is 39.8 Å². The molecule has 0 aliphatic heterocycles. The van der Waals surface area contributed by atoms with Crippen LogP contribution < -0.4 is 5.32 Å². The topological polar surface area (TPSA) is 36.9 Å². The third-order valence-electron chi connectivity index (χ3n) is 3.29. The maximum atomic E-state index is 5.12. The average Bonchev–Trinajstić information content (AvgIpc) is 2.50. The van der Waals surface area contributed by atoms with Crippen LogP contribution in [-0.2, 0) is 17.9 Å². The third-order valence-corrected chi connectivity index (χ3v) is 3.29. The Balaban J connectivity index is 0.00000441. The van der Waals surface area contributed by atoms with Crippen molar-refractivity contribution in [2.75, 3.05) is 27.2 Å². The zero-order valence-electron chi connectivity index (χ0n) is 14.3. The van der Waals surface area contributed by atoms with Crippen LogP contribution in [0.4, 0.5) is 0 Å². The van der Waals surface area contributed by atoms with Gasteiger partial charge in [-0.1, -0.05) is 37.6 Å². The van der Waals surface area contributed by atoms with Gasteiger partial charge in [0.15, 0.2) is 5.96 Å². The van der Waals surface area contributed by atoms with Crippen LogP contribution in [0, 0.1) is 0 Å². The minimum atomic E-state index is 0. The molecule has 0 unspecified atom stereocenters. The van der Waals surface area contributed by atoms with E-state index in [9.17, 15) is 0 Å². The van der Waals surface area contributed by atoms with Gasteiger partial charge in [-0.05, 0) is 24.5 Å². The van der Waals surface area contributed by atoms with Crippen molar-refractivity contribution in [2.24, 2.45) is 4.99 Å². The number of benzene rings is 1. The van der Waals surface area contributed by atoms with Crippen LogP contribution in [-0.4, -0.2) is 38.1 Å². The monoisotopic (exact) mass is 419 g/mol. The summed E-state index contributed by atoms with van der Waals surface area (Å²) in [5.41, 5.74) is 2.41. The van der Waals surface area contributed by atoms with Gasteiger partial charge in [0.05, 0.1) is 13.2 Å². The fourth-order valence-corrected chi connectivity index (χ4v) is 2.04. The Morgan fingerprint density at radius 2 is 1.82 bits per heavy atom. The summed E-state index contributed by atoms with van der Waals surface area (Å²) < 4.78 is 5.12. The summed E-state index contributed by atoms with van der Waals surface area (Å²) in [6.07, 6.45) is 2.39. The molecular weight excluding hydrogens is 389 g/mol. The summed E-state index contributed by atoms with van der Waals surface area (Å²) in [5, 5.41) is 3.35. The highest BCUT2D eigenvalue weighted by atomic mass is 127. The lowest BCUT2D eigenvalue weighted by Gasteiger charge is -2.21. The first-order valence-corrected chi connectivity index (χ1v) is 7.77. The number of nitrogens with one attached hydrogen (secondary N) is 1. The molecule has 0 amide bonds. The van der Waals surface area contributed by atoms with Crippen molar-refractivity contribution in [3.05, 3.63) is 35.4 Å². The predicted molar refractivity (Wildman–Crippen MR) is 105 cm³/mol. The Hall–Kier alpha value is -0.820. The predicted octanol–water partition coefficient (Wildman–Crippen LogP) is 3.65. The molecule has 0 fully saturated rings. The second-order valence-corrected chi connectivity index (χ2v) is 5.19. The summed E-state index contributed by atoms with van der Waals surface area (Å²) in [6.45, 7) is 7.59. The smallest absolute Gasteiger partial charge is 0.193 e. The van der Waals surface area contributed by atoms with E-state index in [-0.39, 0.29) is 24.0 Å². The molecule has 0 heterocycles. The number of hydrogen-bond acceptors (Lipinski definition) is 2. The molecule has 0 saturated heterocycles. The van der Waals surface area contributed by atoms with Gasteiger partial charge in [-0.25, -0.2) is 4.99 Å². The van der Waals surface area contributed by atoms with E-state index >= 15 is 0 Å². The van der Waals surface area contributed by atoms with E-state index in [1.807, 2.05) is 0 Å². The van der Waals surface area contributed by atoms with Crippen LogP contribution in [0.5, 0.6) is 0 Å². The van der Waals surface area contributed by atoms with Gasteiger partial charge in [0.2, 0.25) is 0 Å². The summed E-state index contributed by atoms with van der Waals surface area (Å²) in [4.78, 5) is 6.91. The molecule has 1 N–H and O–H groups in total. The molecule has 4 nitrogen and oxygen atoms in total. The van der Waals surface area contributed by atoms with Gasteiger partial charge < -0.3 is 15.0 Å². The number of halogens is 1. The molecule has 1 aromatic rings. The van der Waals surface area contributed by atoms with Crippen LogP contribution in [0.3, 0.4) is 0 Å². The van der Waals surface area contributed by atoms with E-state index in [2.05, 4.69) is 55.4 Å². The molecule has 1 aromatic carbocycles. The van der Waals surface area contributed by atoms with Gasteiger partial charge in [0.25, 0.3) is 0 Å². The van der Waals surface area contributed by atoms with E-state index in [0.29, 0.717) is 13.2 Å². The fourth-order valence-electron chi connectivity index (χ4n) is 2.04. The number of aliphatic imine (C=N–C) groups is 1. The largest absolute Gasteiger partial charge is 0.380 e. The van der Waals surface area contributed by atoms with Crippen LogP contribution in [0.1, 0.15) is 37.8 Å². The van der Waals surface area contributed by atoms with Crippen LogP contribution in [0.25, 0.3) is 0 Å². The van der Waals surface area contributed by atoms with E-state index in [1.165, 1.54) is 24.0 Å². The first kappa shape index (κ1) is 21.2. The Bertz CT molecular complexity index is 420. The molecule has 0 spiro atoms. The molecule has 0 aliphatic carbocycles. The highest BCUT2D eigenvalue weighted by Gasteiger charge is 2.04. The zero-order valence-corrected chi connectivity index (χ0v) is 16.6. The first-order valence-electron chi connectivity index (χ1n) is 7.77. The molecule has 0 aliphatic rings. The summed E-state index contributed by atoms with van der Waals surface area (Å²) >= 11 is 0. The van der Waals surface area contributed by atoms with Crippen molar-refractivity contribution >= 4 is 29.9 Å². The third kappa shape index (κ3) is 7.98. The first-order chi connectivity index (χ1) is 10.2. The van der Waals surface area contributed by atoms with Crippen molar-refractivity contribution in [1.82, 2.24) is 10.2 Å². The van der Waals surface area contributed by atoms with E-state index in [1.54, 1.807) is 7.11 Å². The maximum absolute atomic E-state index is 5.12. The lowest BCUT2D eigenvalue weighted by molar-refractivity contribution is 0.185. The van der Waals surface area contributed by atoms with Crippen molar-refractivity contribution < 1.29 is 4.74 Å². The molecule has 0 atom stereocenters. The number of rotatable bonds is 8. The minimum absolute atomic E-state index is 0. The molecule has 0 radical (unpaired) electrons. The number of hydrogen-bond donors (Lipinski definition) is 1. The summed E-state index contributed by atoms with van der Waals surface area (Å²) in [5.74, 6) is 0.979.